The molecule has 1 amide bonds. The number of benzene rings is 1. The van der Waals surface area contributed by atoms with Crippen LogP contribution in [-0.2, 0) is 14.3 Å². The summed E-state index contributed by atoms with van der Waals surface area (Å²) >= 11 is 0. The second kappa shape index (κ2) is 6.29. The Hall–Kier alpha value is -1.84. The van der Waals surface area contributed by atoms with Crippen LogP contribution in [0.5, 0.6) is 0 Å². The van der Waals surface area contributed by atoms with Gasteiger partial charge in [0.1, 0.15) is 0 Å². The number of carbonyl (C=O) groups excluding carboxylic acids is 2. The first-order valence-corrected chi connectivity index (χ1v) is 7.41. The van der Waals surface area contributed by atoms with Crippen molar-refractivity contribution in [3.63, 3.8) is 0 Å². The van der Waals surface area contributed by atoms with E-state index in [0.717, 1.165) is 12.0 Å². The van der Waals surface area contributed by atoms with Gasteiger partial charge in [-0.1, -0.05) is 25.1 Å². The van der Waals surface area contributed by atoms with Crippen LogP contribution >= 0.6 is 0 Å². The van der Waals surface area contributed by atoms with E-state index in [-0.39, 0.29) is 30.4 Å². The highest BCUT2D eigenvalue weighted by Crippen LogP contribution is 2.38. The van der Waals surface area contributed by atoms with Crippen LogP contribution in [-0.4, -0.2) is 18.5 Å². The van der Waals surface area contributed by atoms with E-state index in [2.05, 4.69) is 18.3 Å². The maximum Gasteiger partial charge on any atom is 0.309 e. The Morgan fingerprint density at radius 3 is 2.57 bits per heavy atom. The topological polar surface area (TPSA) is 55.4 Å². The molecule has 0 bridgehead atoms. The Morgan fingerprint density at radius 1 is 1.33 bits per heavy atom. The summed E-state index contributed by atoms with van der Waals surface area (Å²) in [7, 11) is 0. The quantitative estimate of drug-likeness (QED) is 0.848. The van der Waals surface area contributed by atoms with Crippen molar-refractivity contribution in [2.24, 2.45) is 11.8 Å². The van der Waals surface area contributed by atoms with Gasteiger partial charge in [0.15, 0.2) is 6.61 Å². The van der Waals surface area contributed by atoms with Gasteiger partial charge in [0.05, 0.1) is 12.0 Å². The van der Waals surface area contributed by atoms with Crippen molar-refractivity contribution in [3.8, 4) is 0 Å². The van der Waals surface area contributed by atoms with Crippen LogP contribution in [0, 0.1) is 25.7 Å². The van der Waals surface area contributed by atoms with E-state index in [0.29, 0.717) is 5.92 Å². The maximum absolute atomic E-state index is 11.8. The Bertz CT molecular complexity index is 553. The molecule has 0 saturated heterocycles. The third-order valence-electron chi connectivity index (χ3n) is 4.17. The summed E-state index contributed by atoms with van der Waals surface area (Å²) in [6.07, 6.45) is 0.875. The van der Waals surface area contributed by atoms with Crippen molar-refractivity contribution < 1.29 is 14.3 Å². The lowest BCUT2D eigenvalue weighted by molar-refractivity contribution is -0.150. The van der Waals surface area contributed by atoms with E-state index in [4.69, 9.17) is 4.74 Å². The van der Waals surface area contributed by atoms with E-state index < -0.39 is 0 Å². The highest BCUT2D eigenvalue weighted by atomic mass is 16.5. The van der Waals surface area contributed by atoms with E-state index in [9.17, 15) is 9.59 Å². The van der Waals surface area contributed by atoms with Gasteiger partial charge >= 0.3 is 5.97 Å². The molecule has 1 aromatic carbocycles. The minimum Gasteiger partial charge on any atom is -0.455 e. The first-order chi connectivity index (χ1) is 9.88. The molecule has 0 aliphatic heterocycles. The average Bonchev–Trinajstić information content (AvgIpc) is 3.16. The number of hydrogen-bond donors (Lipinski definition) is 1. The lowest BCUT2D eigenvalue weighted by atomic mass is 10.0. The van der Waals surface area contributed by atoms with E-state index in [1.807, 2.05) is 32.9 Å². The molecule has 3 atom stereocenters. The number of hydrogen-bond acceptors (Lipinski definition) is 3. The van der Waals surface area contributed by atoms with Gasteiger partial charge in [-0.05, 0) is 49.8 Å². The second-order valence-corrected chi connectivity index (χ2v) is 6.06. The fourth-order valence-electron chi connectivity index (χ4n) is 2.29. The predicted octanol–water partition coefficient (Wildman–Crippen LogP) is 2.68. The van der Waals surface area contributed by atoms with Crippen LogP contribution in [0.3, 0.4) is 0 Å². The molecule has 114 valence electrons. The van der Waals surface area contributed by atoms with Crippen LogP contribution in [0.25, 0.3) is 0 Å². The number of esters is 1. The molecule has 0 radical (unpaired) electrons. The molecule has 0 unspecified atom stereocenters. The zero-order chi connectivity index (χ0) is 15.6. The van der Waals surface area contributed by atoms with Gasteiger partial charge < -0.3 is 10.1 Å². The Balaban J connectivity index is 1.81. The zero-order valence-electron chi connectivity index (χ0n) is 13.1. The summed E-state index contributed by atoms with van der Waals surface area (Å²) in [5, 5.41) is 2.85. The van der Waals surface area contributed by atoms with Crippen molar-refractivity contribution in [1.82, 2.24) is 5.32 Å². The monoisotopic (exact) mass is 289 g/mol. The third-order valence-corrected chi connectivity index (χ3v) is 4.17. The summed E-state index contributed by atoms with van der Waals surface area (Å²) in [6, 6.07) is 6.01. The first-order valence-electron chi connectivity index (χ1n) is 7.41. The molecule has 21 heavy (non-hydrogen) atoms. The van der Waals surface area contributed by atoms with Crippen LogP contribution in [0.1, 0.15) is 43.0 Å². The van der Waals surface area contributed by atoms with Crippen molar-refractivity contribution in [3.05, 3.63) is 34.9 Å². The Labute approximate surface area is 125 Å². The first kappa shape index (κ1) is 15.5. The van der Waals surface area contributed by atoms with E-state index >= 15 is 0 Å². The number of nitrogens with one attached hydrogen (secondary N) is 1. The molecule has 1 aliphatic rings. The minimum atomic E-state index is -0.262. The van der Waals surface area contributed by atoms with Crippen LogP contribution in [0.4, 0.5) is 0 Å². The summed E-state index contributed by atoms with van der Waals surface area (Å²) < 4.78 is 5.03. The van der Waals surface area contributed by atoms with Crippen LogP contribution < -0.4 is 5.32 Å². The number of amides is 1. The lowest BCUT2D eigenvalue weighted by Crippen LogP contribution is -2.31. The van der Waals surface area contributed by atoms with Crippen molar-refractivity contribution in [1.29, 1.82) is 0 Å². The SMILES string of the molecule is Cc1ccc([C@H](C)NC(=O)COC(=O)[C@H]2C[C@@H]2C)cc1C. The Morgan fingerprint density at radius 2 is 2.00 bits per heavy atom. The van der Waals surface area contributed by atoms with Crippen molar-refractivity contribution in [2.75, 3.05) is 6.61 Å². The largest absolute Gasteiger partial charge is 0.455 e. The van der Waals surface area contributed by atoms with Gasteiger partial charge in [-0.2, -0.15) is 0 Å². The molecule has 2 rings (SSSR count). The number of ether oxygens (including phenoxy) is 1. The average molecular weight is 289 g/mol. The summed E-state index contributed by atoms with van der Waals surface area (Å²) in [5.41, 5.74) is 3.47. The summed E-state index contributed by atoms with van der Waals surface area (Å²) in [6.45, 7) is 7.84. The molecule has 4 heteroatoms. The number of aryl methyl sites for hydroxylation is 2. The molecule has 0 aromatic heterocycles. The van der Waals surface area contributed by atoms with Gasteiger partial charge in [0.2, 0.25) is 0 Å². The molecule has 1 saturated carbocycles. The van der Waals surface area contributed by atoms with Crippen LogP contribution in [0.15, 0.2) is 18.2 Å². The second-order valence-electron chi connectivity index (χ2n) is 6.06. The molecular weight excluding hydrogens is 266 g/mol. The molecule has 4 nitrogen and oxygen atoms in total. The van der Waals surface area contributed by atoms with E-state index in [1.54, 1.807) is 0 Å². The predicted molar refractivity (Wildman–Crippen MR) is 80.7 cm³/mol. The summed E-state index contributed by atoms with van der Waals surface area (Å²) in [4.78, 5) is 23.4. The highest BCUT2D eigenvalue weighted by Gasteiger charge is 2.40. The molecule has 1 aromatic rings. The fraction of sp³-hybridized carbons (Fsp3) is 0.529. The lowest BCUT2D eigenvalue weighted by Gasteiger charge is -2.15. The smallest absolute Gasteiger partial charge is 0.309 e. The minimum absolute atomic E-state index is 0.00466. The van der Waals surface area contributed by atoms with E-state index in [1.165, 1.54) is 11.1 Å². The van der Waals surface area contributed by atoms with Gasteiger partial charge in [-0.3, -0.25) is 9.59 Å². The van der Waals surface area contributed by atoms with Crippen LogP contribution in [0.2, 0.25) is 0 Å². The normalized spacial score (nSPS) is 21.5. The Kier molecular flexibility index (Phi) is 4.66. The fourth-order valence-corrected chi connectivity index (χ4v) is 2.29. The van der Waals surface area contributed by atoms with Gasteiger partial charge in [0.25, 0.3) is 5.91 Å². The number of rotatable bonds is 5. The molecule has 1 fully saturated rings. The molecule has 0 heterocycles. The molecular formula is C17H23NO3. The zero-order valence-corrected chi connectivity index (χ0v) is 13.1. The molecule has 1 N–H and O–H groups in total. The van der Waals surface area contributed by atoms with Gasteiger partial charge in [-0.15, -0.1) is 0 Å². The number of carbonyl (C=O) groups is 2. The molecule has 1 aliphatic carbocycles. The maximum atomic E-state index is 11.8. The standard InChI is InChI=1S/C17H23NO3/c1-10-5-6-14(7-11(10)2)13(4)18-16(19)9-21-17(20)15-8-12(15)3/h5-7,12-13,15H,8-9H2,1-4H3,(H,18,19)/t12-,13-,15-/m0/s1. The molecule has 0 spiro atoms. The summed E-state index contributed by atoms with van der Waals surface area (Å²) in [5.74, 6) is -0.121. The van der Waals surface area contributed by atoms with Crippen molar-refractivity contribution in [2.45, 2.75) is 40.2 Å². The highest BCUT2D eigenvalue weighted by molar-refractivity contribution is 5.82. The van der Waals surface area contributed by atoms with Crippen molar-refractivity contribution >= 4 is 11.9 Å². The van der Waals surface area contributed by atoms with Gasteiger partial charge in [-0.25, -0.2) is 0 Å². The van der Waals surface area contributed by atoms with Gasteiger partial charge in [0, 0.05) is 0 Å². The third kappa shape index (κ3) is 4.06.